The Morgan fingerprint density at radius 2 is 1.88 bits per heavy atom. The summed E-state index contributed by atoms with van der Waals surface area (Å²) in [5, 5.41) is 11.3. The van der Waals surface area contributed by atoms with E-state index in [2.05, 4.69) is 15.7 Å². The molecule has 0 unspecified atom stereocenters. The third kappa shape index (κ3) is 4.13. The van der Waals surface area contributed by atoms with Crippen LogP contribution in [0.5, 0.6) is 0 Å². The van der Waals surface area contributed by atoms with Crippen LogP contribution in [0, 0.1) is 12.7 Å². The minimum Gasteiger partial charge on any atom is -0.349 e. The van der Waals surface area contributed by atoms with Crippen LogP contribution in [0.1, 0.15) is 44.1 Å². The first kappa shape index (κ1) is 20.4. The molecule has 0 aliphatic heterocycles. The van der Waals surface area contributed by atoms with E-state index < -0.39 is 0 Å². The van der Waals surface area contributed by atoms with Gasteiger partial charge in [-0.25, -0.2) is 4.39 Å². The van der Waals surface area contributed by atoms with Gasteiger partial charge in [0.05, 0.1) is 28.4 Å². The van der Waals surface area contributed by atoms with Gasteiger partial charge in [0.1, 0.15) is 10.6 Å². The molecule has 0 spiro atoms. The Morgan fingerprint density at radius 1 is 1.12 bits per heavy atom. The normalized spacial score (nSPS) is 13.3. The first-order valence-electron chi connectivity index (χ1n) is 10.4. The SMILES string of the molecule is Cc1nn(Cc2ccc(F)cc2)c2sc(C(=O)Nc3ccccc3C(=O)NC3CC3)cc12. The lowest BCUT2D eigenvalue weighted by atomic mass is 10.1. The number of aryl methyl sites for hydroxylation is 1. The van der Waals surface area contributed by atoms with Gasteiger partial charge >= 0.3 is 0 Å². The number of rotatable bonds is 6. The van der Waals surface area contributed by atoms with Crippen LogP contribution in [0.3, 0.4) is 0 Å². The van der Waals surface area contributed by atoms with Crippen molar-refractivity contribution in [2.75, 3.05) is 5.32 Å². The van der Waals surface area contributed by atoms with E-state index in [1.807, 2.05) is 17.7 Å². The van der Waals surface area contributed by atoms with Crippen LogP contribution < -0.4 is 10.6 Å². The van der Waals surface area contributed by atoms with E-state index in [4.69, 9.17) is 0 Å². The van der Waals surface area contributed by atoms with Gasteiger partial charge in [-0.15, -0.1) is 11.3 Å². The molecule has 0 saturated heterocycles. The van der Waals surface area contributed by atoms with E-state index in [0.717, 1.165) is 34.3 Å². The summed E-state index contributed by atoms with van der Waals surface area (Å²) < 4.78 is 15.0. The Hall–Kier alpha value is -3.52. The van der Waals surface area contributed by atoms with E-state index in [1.54, 1.807) is 36.4 Å². The molecule has 0 atom stereocenters. The van der Waals surface area contributed by atoms with Crippen LogP contribution >= 0.6 is 11.3 Å². The lowest BCUT2D eigenvalue weighted by Crippen LogP contribution is -2.26. The van der Waals surface area contributed by atoms with Crippen LogP contribution in [0.4, 0.5) is 10.1 Å². The van der Waals surface area contributed by atoms with Gasteiger partial charge in [-0.3, -0.25) is 14.3 Å². The molecule has 4 aromatic rings. The van der Waals surface area contributed by atoms with Gasteiger partial charge in [0, 0.05) is 11.4 Å². The van der Waals surface area contributed by atoms with Gasteiger partial charge in [-0.1, -0.05) is 24.3 Å². The molecule has 1 fully saturated rings. The lowest BCUT2D eigenvalue weighted by Gasteiger charge is -2.10. The van der Waals surface area contributed by atoms with Crippen molar-refractivity contribution in [1.29, 1.82) is 0 Å². The Bertz CT molecular complexity index is 1320. The highest BCUT2D eigenvalue weighted by Gasteiger charge is 2.25. The maximum atomic E-state index is 13.2. The molecule has 32 heavy (non-hydrogen) atoms. The van der Waals surface area contributed by atoms with Crippen molar-refractivity contribution >= 4 is 39.1 Å². The summed E-state index contributed by atoms with van der Waals surface area (Å²) in [6, 6.07) is 15.4. The molecule has 0 bridgehead atoms. The summed E-state index contributed by atoms with van der Waals surface area (Å²) in [4.78, 5) is 26.9. The van der Waals surface area contributed by atoms with Crippen molar-refractivity contribution in [3.8, 4) is 0 Å². The average molecular weight is 449 g/mol. The monoisotopic (exact) mass is 448 g/mol. The highest BCUT2D eigenvalue weighted by atomic mass is 32.1. The summed E-state index contributed by atoms with van der Waals surface area (Å²) in [7, 11) is 0. The van der Waals surface area contributed by atoms with Crippen LogP contribution in [0.25, 0.3) is 10.2 Å². The fourth-order valence-corrected chi connectivity index (χ4v) is 4.62. The van der Waals surface area contributed by atoms with Crippen molar-refractivity contribution in [3.05, 3.63) is 82.1 Å². The summed E-state index contributed by atoms with van der Waals surface area (Å²) in [6.45, 7) is 2.38. The summed E-state index contributed by atoms with van der Waals surface area (Å²) in [5.41, 5.74) is 2.68. The number of hydrogen-bond donors (Lipinski definition) is 2. The van der Waals surface area contributed by atoms with Gasteiger partial charge in [0.25, 0.3) is 11.8 Å². The molecular weight excluding hydrogens is 427 g/mol. The molecule has 2 aromatic heterocycles. The number of thiophene rings is 1. The average Bonchev–Trinajstić information content (AvgIpc) is 3.39. The van der Waals surface area contributed by atoms with Gasteiger partial charge in [-0.05, 0) is 55.7 Å². The third-order valence-electron chi connectivity index (χ3n) is 5.41. The zero-order valence-electron chi connectivity index (χ0n) is 17.4. The highest BCUT2D eigenvalue weighted by Crippen LogP contribution is 2.30. The minimum atomic E-state index is -0.281. The molecule has 0 radical (unpaired) electrons. The summed E-state index contributed by atoms with van der Waals surface area (Å²) >= 11 is 1.34. The molecule has 2 heterocycles. The molecule has 162 valence electrons. The van der Waals surface area contributed by atoms with Gasteiger partial charge in [0.2, 0.25) is 0 Å². The van der Waals surface area contributed by atoms with E-state index in [-0.39, 0.29) is 23.7 Å². The van der Waals surface area contributed by atoms with Crippen LogP contribution in [-0.2, 0) is 6.54 Å². The topological polar surface area (TPSA) is 76.0 Å². The number of fused-ring (bicyclic) bond motifs is 1. The highest BCUT2D eigenvalue weighted by molar-refractivity contribution is 7.20. The summed E-state index contributed by atoms with van der Waals surface area (Å²) in [6.07, 6.45) is 1.99. The van der Waals surface area contributed by atoms with Crippen molar-refractivity contribution in [2.45, 2.75) is 32.4 Å². The summed E-state index contributed by atoms with van der Waals surface area (Å²) in [5.74, 6) is -0.729. The number of amides is 2. The molecule has 8 heteroatoms. The Labute approximate surface area is 188 Å². The second kappa shape index (κ2) is 8.20. The first-order valence-corrected chi connectivity index (χ1v) is 11.2. The molecule has 2 amide bonds. The number of aromatic nitrogens is 2. The predicted octanol–water partition coefficient (Wildman–Crippen LogP) is 4.74. The maximum Gasteiger partial charge on any atom is 0.265 e. The first-order chi connectivity index (χ1) is 15.5. The van der Waals surface area contributed by atoms with E-state index in [9.17, 15) is 14.0 Å². The minimum absolute atomic E-state index is 0.175. The quantitative estimate of drug-likeness (QED) is 0.447. The standard InChI is InChI=1S/C24H21FN4O2S/c1-14-19-12-21(32-24(19)29(28-14)13-15-6-8-16(25)9-7-15)23(31)27-20-5-3-2-4-18(20)22(30)26-17-10-11-17/h2-9,12,17H,10-11,13H2,1H3,(H,26,30)(H,27,31). The Morgan fingerprint density at radius 3 is 2.62 bits per heavy atom. The second-order valence-electron chi connectivity index (χ2n) is 7.95. The molecule has 5 rings (SSSR count). The smallest absolute Gasteiger partial charge is 0.265 e. The number of carbonyl (C=O) groups excluding carboxylic acids is 2. The van der Waals surface area contributed by atoms with E-state index in [1.165, 1.54) is 23.5 Å². The lowest BCUT2D eigenvalue weighted by molar-refractivity contribution is 0.0952. The Kier molecular flexibility index (Phi) is 5.22. The largest absolute Gasteiger partial charge is 0.349 e. The Balaban J connectivity index is 1.39. The molecule has 1 aliphatic carbocycles. The molecule has 2 N–H and O–H groups in total. The van der Waals surface area contributed by atoms with E-state index in [0.29, 0.717) is 22.7 Å². The third-order valence-corrected chi connectivity index (χ3v) is 6.56. The van der Waals surface area contributed by atoms with Gasteiger partial charge < -0.3 is 10.6 Å². The molecule has 6 nitrogen and oxygen atoms in total. The molecular formula is C24H21FN4O2S. The fourth-order valence-electron chi connectivity index (χ4n) is 3.56. The van der Waals surface area contributed by atoms with Gasteiger partial charge in [-0.2, -0.15) is 5.10 Å². The number of nitrogens with zero attached hydrogens (tertiary/aromatic N) is 2. The van der Waals surface area contributed by atoms with Crippen molar-refractivity contribution < 1.29 is 14.0 Å². The van der Waals surface area contributed by atoms with Crippen LogP contribution in [0.2, 0.25) is 0 Å². The van der Waals surface area contributed by atoms with Gasteiger partial charge in [0.15, 0.2) is 0 Å². The zero-order valence-corrected chi connectivity index (χ0v) is 18.2. The van der Waals surface area contributed by atoms with Crippen molar-refractivity contribution in [3.63, 3.8) is 0 Å². The number of para-hydroxylation sites is 1. The number of carbonyl (C=O) groups is 2. The number of nitrogens with one attached hydrogen (secondary N) is 2. The molecule has 1 aliphatic rings. The van der Waals surface area contributed by atoms with Crippen molar-refractivity contribution in [2.24, 2.45) is 0 Å². The van der Waals surface area contributed by atoms with Crippen LogP contribution in [-0.4, -0.2) is 27.6 Å². The predicted molar refractivity (Wildman–Crippen MR) is 123 cm³/mol. The zero-order chi connectivity index (χ0) is 22.2. The number of benzene rings is 2. The number of hydrogen-bond acceptors (Lipinski definition) is 4. The second-order valence-corrected chi connectivity index (χ2v) is 8.98. The molecule has 1 saturated carbocycles. The van der Waals surface area contributed by atoms with E-state index >= 15 is 0 Å². The maximum absolute atomic E-state index is 13.2. The number of halogens is 1. The number of anilines is 1. The van der Waals surface area contributed by atoms with Crippen LogP contribution in [0.15, 0.2) is 54.6 Å². The fraction of sp³-hybridized carbons (Fsp3) is 0.208. The van der Waals surface area contributed by atoms with Crippen molar-refractivity contribution in [1.82, 2.24) is 15.1 Å². The molecule has 2 aromatic carbocycles.